The number of carbonyl (C=O) groups excluding carboxylic acids is 1. The maximum atomic E-state index is 12.9. The van der Waals surface area contributed by atoms with E-state index in [1.165, 1.54) is 0 Å². The van der Waals surface area contributed by atoms with Crippen LogP contribution in [0.5, 0.6) is 0 Å². The number of amides is 1. The predicted molar refractivity (Wildman–Crippen MR) is 125 cm³/mol. The molecule has 4 aromatic rings. The van der Waals surface area contributed by atoms with E-state index < -0.39 is 0 Å². The molecule has 4 rings (SSSR count). The first-order valence-corrected chi connectivity index (χ1v) is 12.0. The van der Waals surface area contributed by atoms with Crippen molar-refractivity contribution in [1.82, 2.24) is 14.5 Å². The molecule has 5 nitrogen and oxygen atoms in total. The number of thiazole rings is 1. The molecule has 1 amide bonds. The predicted octanol–water partition coefficient (Wildman–Crippen LogP) is 5.88. The number of thioether (sulfide) groups is 1. The summed E-state index contributed by atoms with van der Waals surface area (Å²) in [6.45, 7) is 2.00. The van der Waals surface area contributed by atoms with Gasteiger partial charge in [-0.05, 0) is 43.3 Å². The maximum Gasteiger partial charge on any atom is 0.256 e. The van der Waals surface area contributed by atoms with E-state index in [0.717, 1.165) is 37.1 Å². The SMILES string of the molecule is Cc1nc(CSc2ccccc2C(=O)Nc2ccc(Sc3nccn3C)cc2)cs1. The van der Waals surface area contributed by atoms with Crippen LogP contribution in [-0.2, 0) is 12.8 Å². The smallest absolute Gasteiger partial charge is 0.256 e. The van der Waals surface area contributed by atoms with Crippen LogP contribution < -0.4 is 5.32 Å². The lowest BCUT2D eigenvalue weighted by Gasteiger charge is -2.10. The number of aryl methyl sites for hydroxylation is 2. The summed E-state index contributed by atoms with van der Waals surface area (Å²) in [6.07, 6.45) is 3.70. The maximum absolute atomic E-state index is 12.9. The summed E-state index contributed by atoms with van der Waals surface area (Å²) >= 11 is 4.86. The van der Waals surface area contributed by atoms with Crippen LogP contribution in [0.3, 0.4) is 0 Å². The molecule has 152 valence electrons. The highest BCUT2D eigenvalue weighted by Gasteiger charge is 2.13. The molecule has 2 heterocycles. The second-order valence-electron chi connectivity index (χ2n) is 6.54. The van der Waals surface area contributed by atoms with Gasteiger partial charge in [0.1, 0.15) is 0 Å². The Kier molecular flexibility index (Phi) is 6.56. The third kappa shape index (κ3) is 5.13. The second-order valence-corrected chi connectivity index (χ2v) is 9.66. The van der Waals surface area contributed by atoms with Crippen molar-refractivity contribution in [3.8, 4) is 0 Å². The molecule has 1 N–H and O–H groups in total. The molecule has 0 fully saturated rings. The molecule has 0 aliphatic heterocycles. The third-order valence-corrected chi connectivity index (χ3v) is 7.29. The lowest BCUT2D eigenvalue weighted by molar-refractivity contribution is 0.102. The van der Waals surface area contributed by atoms with Crippen LogP contribution in [0.25, 0.3) is 0 Å². The molecule has 0 spiro atoms. The number of hydrogen-bond acceptors (Lipinski definition) is 6. The number of carbonyl (C=O) groups is 1. The second kappa shape index (κ2) is 9.51. The summed E-state index contributed by atoms with van der Waals surface area (Å²) in [5, 5.41) is 7.05. The minimum Gasteiger partial charge on any atom is -0.329 e. The van der Waals surface area contributed by atoms with Crippen LogP contribution in [0.15, 0.2) is 81.3 Å². The molecule has 0 saturated carbocycles. The zero-order valence-electron chi connectivity index (χ0n) is 16.5. The van der Waals surface area contributed by atoms with Gasteiger partial charge in [-0.2, -0.15) is 0 Å². The summed E-state index contributed by atoms with van der Waals surface area (Å²) in [4.78, 5) is 23.7. The number of benzene rings is 2. The Bertz CT molecular complexity index is 1150. The van der Waals surface area contributed by atoms with Crippen LogP contribution >= 0.6 is 34.9 Å². The van der Waals surface area contributed by atoms with Gasteiger partial charge in [-0.15, -0.1) is 23.1 Å². The molecule has 0 aliphatic carbocycles. The Hall–Kier alpha value is -2.55. The van der Waals surface area contributed by atoms with Gasteiger partial charge in [-0.3, -0.25) is 4.79 Å². The first kappa shape index (κ1) is 20.7. The molecular formula is C22H20N4OS3. The molecule has 2 aromatic heterocycles. The summed E-state index contributed by atoms with van der Waals surface area (Å²) in [5.41, 5.74) is 2.47. The van der Waals surface area contributed by atoms with E-state index in [1.54, 1.807) is 41.1 Å². The lowest BCUT2D eigenvalue weighted by atomic mass is 10.2. The largest absolute Gasteiger partial charge is 0.329 e. The van der Waals surface area contributed by atoms with E-state index in [9.17, 15) is 4.79 Å². The fraction of sp³-hybridized carbons (Fsp3) is 0.136. The summed E-state index contributed by atoms with van der Waals surface area (Å²) < 4.78 is 1.97. The molecular weight excluding hydrogens is 432 g/mol. The quantitative estimate of drug-likeness (QED) is 0.355. The van der Waals surface area contributed by atoms with Gasteiger partial charge < -0.3 is 9.88 Å². The highest BCUT2D eigenvalue weighted by Crippen LogP contribution is 2.29. The molecule has 2 aromatic carbocycles. The van der Waals surface area contributed by atoms with Gasteiger partial charge in [-0.25, -0.2) is 9.97 Å². The van der Waals surface area contributed by atoms with Crippen molar-refractivity contribution in [1.29, 1.82) is 0 Å². The Morgan fingerprint density at radius 3 is 2.67 bits per heavy atom. The average molecular weight is 453 g/mol. The zero-order chi connectivity index (χ0) is 20.9. The molecule has 30 heavy (non-hydrogen) atoms. The van der Waals surface area contributed by atoms with Crippen molar-refractivity contribution in [2.75, 3.05) is 5.32 Å². The fourth-order valence-corrected chi connectivity index (χ4v) is 5.23. The zero-order valence-corrected chi connectivity index (χ0v) is 19.0. The molecule has 8 heteroatoms. The number of nitrogens with zero attached hydrogens (tertiary/aromatic N) is 3. The van der Waals surface area contributed by atoms with Crippen molar-refractivity contribution in [2.24, 2.45) is 7.05 Å². The number of rotatable bonds is 7. The Balaban J connectivity index is 1.41. The van der Waals surface area contributed by atoms with Gasteiger partial charge in [-0.1, -0.05) is 23.9 Å². The summed E-state index contributed by atoms with van der Waals surface area (Å²) in [7, 11) is 1.97. The van der Waals surface area contributed by atoms with E-state index in [0.29, 0.717) is 5.56 Å². The normalized spacial score (nSPS) is 10.9. The Morgan fingerprint density at radius 1 is 1.17 bits per heavy atom. The minimum absolute atomic E-state index is 0.114. The number of anilines is 1. The summed E-state index contributed by atoms with van der Waals surface area (Å²) in [5.74, 6) is 0.630. The van der Waals surface area contributed by atoms with Crippen molar-refractivity contribution in [3.05, 3.63) is 82.6 Å². The van der Waals surface area contributed by atoms with Crippen molar-refractivity contribution >= 4 is 46.5 Å². The van der Waals surface area contributed by atoms with Crippen molar-refractivity contribution < 1.29 is 4.79 Å². The average Bonchev–Trinajstić information content (AvgIpc) is 3.36. The van der Waals surface area contributed by atoms with E-state index in [1.807, 2.05) is 73.3 Å². The van der Waals surface area contributed by atoms with E-state index in [4.69, 9.17) is 0 Å². The molecule has 0 radical (unpaired) electrons. The van der Waals surface area contributed by atoms with Crippen LogP contribution in [0.1, 0.15) is 21.1 Å². The van der Waals surface area contributed by atoms with Gasteiger partial charge in [0, 0.05) is 46.1 Å². The molecule has 0 aliphatic rings. The molecule has 0 bridgehead atoms. The highest BCUT2D eigenvalue weighted by molar-refractivity contribution is 7.99. The van der Waals surface area contributed by atoms with Crippen LogP contribution in [0, 0.1) is 6.92 Å². The van der Waals surface area contributed by atoms with E-state index in [-0.39, 0.29) is 5.91 Å². The van der Waals surface area contributed by atoms with Crippen molar-refractivity contribution in [3.63, 3.8) is 0 Å². The van der Waals surface area contributed by atoms with Crippen LogP contribution in [0.4, 0.5) is 5.69 Å². The van der Waals surface area contributed by atoms with Crippen LogP contribution in [0.2, 0.25) is 0 Å². The lowest BCUT2D eigenvalue weighted by Crippen LogP contribution is -2.12. The first-order valence-electron chi connectivity index (χ1n) is 9.28. The minimum atomic E-state index is -0.114. The van der Waals surface area contributed by atoms with Gasteiger partial charge in [0.2, 0.25) is 0 Å². The van der Waals surface area contributed by atoms with Crippen molar-refractivity contribution in [2.45, 2.75) is 27.6 Å². The molecule has 0 saturated heterocycles. The number of hydrogen-bond donors (Lipinski definition) is 1. The Labute approximate surface area is 188 Å². The van der Waals surface area contributed by atoms with Crippen LogP contribution in [-0.4, -0.2) is 20.4 Å². The van der Waals surface area contributed by atoms with Gasteiger partial charge >= 0.3 is 0 Å². The summed E-state index contributed by atoms with van der Waals surface area (Å²) in [6, 6.07) is 15.5. The number of imidazole rings is 1. The van der Waals surface area contributed by atoms with Gasteiger partial charge in [0.25, 0.3) is 5.91 Å². The van der Waals surface area contributed by atoms with Gasteiger partial charge in [0.05, 0.1) is 16.3 Å². The van der Waals surface area contributed by atoms with Gasteiger partial charge in [0.15, 0.2) is 5.16 Å². The number of aromatic nitrogens is 3. The highest BCUT2D eigenvalue weighted by atomic mass is 32.2. The third-order valence-electron chi connectivity index (χ3n) is 4.27. The Morgan fingerprint density at radius 2 is 1.97 bits per heavy atom. The molecule has 0 unspecified atom stereocenters. The standard InChI is InChI=1S/C22H20N4OS3/c1-15-24-17(13-28-15)14-29-20-6-4-3-5-19(20)21(27)25-16-7-9-18(10-8-16)30-22-23-11-12-26(22)2/h3-13H,14H2,1-2H3,(H,25,27). The fourth-order valence-electron chi connectivity index (χ4n) is 2.77. The molecule has 0 atom stereocenters. The number of nitrogens with one attached hydrogen (secondary N) is 1. The first-order chi connectivity index (χ1) is 14.6. The van der Waals surface area contributed by atoms with E-state index >= 15 is 0 Å². The topological polar surface area (TPSA) is 59.8 Å². The van der Waals surface area contributed by atoms with E-state index in [2.05, 4.69) is 20.7 Å². The monoisotopic (exact) mass is 452 g/mol.